The van der Waals surface area contributed by atoms with Gasteiger partial charge in [-0.2, -0.15) is 5.10 Å². The summed E-state index contributed by atoms with van der Waals surface area (Å²) in [5, 5.41) is 9.60. The van der Waals surface area contributed by atoms with E-state index in [0.717, 1.165) is 30.6 Å². The third-order valence-corrected chi connectivity index (χ3v) is 1.68. The van der Waals surface area contributed by atoms with Gasteiger partial charge in [-0.25, -0.2) is 0 Å². The number of carbonyl (C=O) groups is 1. The molecule has 10 heavy (non-hydrogen) atoms. The number of aromatic amines is 1. The zero-order valence-corrected chi connectivity index (χ0v) is 5.35. The second-order valence-corrected chi connectivity index (χ2v) is 2.26. The minimum absolute atomic E-state index is 0.611. The lowest BCUT2D eigenvalue weighted by atomic mass is 10.2. The zero-order valence-electron chi connectivity index (χ0n) is 5.35. The quantitative estimate of drug-likeness (QED) is 0.543. The summed E-state index contributed by atoms with van der Waals surface area (Å²) in [6.07, 6.45) is 1.71. The Morgan fingerprint density at radius 2 is 2.50 bits per heavy atom. The third kappa shape index (κ3) is 0.556. The van der Waals surface area contributed by atoms with Crippen LogP contribution in [0.4, 0.5) is 5.82 Å². The van der Waals surface area contributed by atoms with E-state index in [-0.39, 0.29) is 0 Å². The van der Waals surface area contributed by atoms with E-state index >= 15 is 0 Å². The van der Waals surface area contributed by atoms with E-state index in [4.69, 9.17) is 0 Å². The normalized spacial score (nSPS) is 14.4. The first kappa shape index (κ1) is 5.46. The number of carbonyl (C=O) groups excluding carboxylic acids is 1. The van der Waals surface area contributed by atoms with Crippen molar-refractivity contribution < 1.29 is 4.79 Å². The predicted octanol–water partition coefficient (Wildman–Crippen LogP) is 0.190. The SMILES string of the molecule is O=Cc1[nH]nc2c1CCN2. The molecule has 0 atom stereocenters. The van der Waals surface area contributed by atoms with Crippen molar-refractivity contribution in [3.05, 3.63) is 11.3 Å². The van der Waals surface area contributed by atoms with Gasteiger partial charge in [-0.05, 0) is 6.42 Å². The Balaban J connectivity index is 2.53. The van der Waals surface area contributed by atoms with Gasteiger partial charge >= 0.3 is 0 Å². The molecule has 0 fully saturated rings. The monoisotopic (exact) mass is 137 g/mol. The molecule has 0 aromatic carbocycles. The number of rotatable bonds is 1. The van der Waals surface area contributed by atoms with Gasteiger partial charge in [0, 0.05) is 12.1 Å². The van der Waals surface area contributed by atoms with Crippen molar-refractivity contribution >= 4 is 12.1 Å². The summed E-state index contributed by atoms with van der Waals surface area (Å²) in [5.41, 5.74) is 1.63. The van der Waals surface area contributed by atoms with Crippen LogP contribution in [0.2, 0.25) is 0 Å². The number of aromatic nitrogens is 2. The fraction of sp³-hybridized carbons (Fsp3) is 0.333. The van der Waals surface area contributed by atoms with E-state index in [1.165, 1.54) is 0 Å². The van der Waals surface area contributed by atoms with Crippen LogP contribution in [0.5, 0.6) is 0 Å². The molecule has 1 aromatic rings. The first-order chi connectivity index (χ1) is 4.92. The molecule has 1 aliphatic rings. The van der Waals surface area contributed by atoms with Crippen LogP contribution in [0.25, 0.3) is 0 Å². The van der Waals surface area contributed by atoms with Gasteiger partial charge in [0.1, 0.15) is 5.69 Å². The highest BCUT2D eigenvalue weighted by molar-refractivity contribution is 5.78. The summed E-state index contributed by atoms with van der Waals surface area (Å²) >= 11 is 0. The Labute approximate surface area is 57.6 Å². The lowest BCUT2D eigenvalue weighted by molar-refractivity contribution is 0.111. The molecule has 1 aromatic heterocycles. The smallest absolute Gasteiger partial charge is 0.168 e. The summed E-state index contributed by atoms with van der Waals surface area (Å²) in [6.45, 7) is 0.896. The van der Waals surface area contributed by atoms with Gasteiger partial charge in [0.05, 0.1) is 0 Å². The number of hydrogen-bond donors (Lipinski definition) is 2. The summed E-state index contributed by atoms with van der Waals surface area (Å²) in [4.78, 5) is 10.3. The van der Waals surface area contributed by atoms with Gasteiger partial charge in [-0.1, -0.05) is 0 Å². The molecule has 0 aliphatic carbocycles. The molecule has 52 valence electrons. The Hall–Kier alpha value is -1.32. The molecule has 2 heterocycles. The molecule has 0 amide bonds. The number of aldehydes is 1. The minimum Gasteiger partial charge on any atom is -0.368 e. The second-order valence-electron chi connectivity index (χ2n) is 2.26. The minimum atomic E-state index is 0.611. The van der Waals surface area contributed by atoms with Gasteiger partial charge in [0.2, 0.25) is 0 Å². The lowest BCUT2D eigenvalue weighted by Gasteiger charge is -1.85. The topological polar surface area (TPSA) is 57.8 Å². The molecule has 2 N–H and O–H groups in total. The average molecular weight is 137 g/mol. The highest BCUT2D eigenvalue weighted by atomic mass is 16.1. The summed E-state index contributed by atoms with van der Waals surface area (Å²) in [6, 6.07) is 0. The maximum Gasteiger partial charge on any atom is 0.168 e. The summed E-state index contributed by atoms with van der Waals surface area (Å²) in [5.74, 6) is 0.835. The van der Waals surface area contributed by atoms with Crippen LogP contribution < -0.4 is 5.32 Å². The van der Waals surface area contributed by atoms with Crippen molar-refractivity contribution in [2.45, 2.75) is 6.42 Å². The fourth-order valence-corrected chi connectivity index (χ4v) is 1.18. The van der Waals surface area contributed by atoms with Crippen molar-refractivity contribution in [1.82, 2.24) is 10.2 Å². The maximum absolute atomic E-state index is 10.3. The van der Waals surface area contributed by atoms with Crippen LogP contribution in [0.15, 0.2) is 0 Å². The molecule has 2 rings (SSSR count). The van der Waals surface area contributed by atoms with E-state index in [9.17, 15) is 4.79 Å². The van der Waals surface area contributed by atoms with E-state index in [2.05, 4.69) is 15.5 Å². The standard InChI is InChI=1S/C6H7N3O/c10-3-5-4-1-2-7-6(4)9-8-5/h3H,1-2H2,(H2,7,8,9). The van der Waals surface area contributed by atoms with E-state index in [1.807, 2.05) is 0 Å². The Bertz CT molecular complexity index is 266. The molecule has 4 heteroatoms. The van der Waals surface area contributed by atoms with E-state index in [1.54, 1.807) is 0 Å². The van der Waals surface area contributed by atoms with Gasteiger partial charge in [0.15, 0.2) is 12.1 Å². The van der Waals surface area contributed by atoms with Gasteiger partial charge in [-0.3, -0.25) is 9.89 Å². The number of fused-ring (bicyclic) bond motifs is 1. The molecular formula is C6H7N3O. The van der Waals surface area contributed by atoms with Crippen LogP contribution in [-0.2, 0) is 6.42 Å². The van der Waals surface area contributed by atoms with Gasteiger partial charge < -0.3 is 5.32 Å². The van der Waals surface area contributed by atoms with Gasteiger partial charge in [-0.15, -0.1) is 0 Å². The van der Waals surface area contributed by atoms with Crippen LogP contribution in [0.1, 0.15) is 16.1 Å². The van der Waals surface area contributed by atoms with Crippen molar-refractivity contribution in [2.75, 3.05) is 11.9 Å². The third-order valence-electron chi connectivity index (χ3n) is 1.68. The van der Waals surface area contributed by atoms with Crippen LogP contribution in [0.3, 0.4) is 0 Å². The fourth-order valence-electron chi connectivity index (χ4n) is 1.18. The van der Waals surface area contributed by atoms with Crippen LogP contribution in [0, 0.1) is 0 Å². The Morgan fingerprint density at radius 1 is 1.60 bits per heavy atom. The Morgan fingerprint density at radius 3 is 3.30 bits per heavy atom. The average Bonchev–Trinajstić information content (AvgIpc) is 2.44. The number of hydrogen-bond acceptors (Lipinski definition) is 3. The van der Waals surface area contributed by atoms with Gasteiger partial charge in [0.25, 0.3) is 0 Å². The van der Waals surface area contributed by atoms with Crippen molar-refractivity contribution in [3.8, 4) is 0 Å². The zero-order chi connectivity index (χ0) is 6.97. The number of H-pyrrole nitrogens is 1. The molecule has 0 saturated carbocycles. The van der Waals surface area contributed by atoms with Crippen molar-refractivity contribution in [2.24, 2.45) is 0 Å². The molecule has 1 aliphatic heterocycles. The molecule has 0 bridgehead atoms. The van der Waals surface area contributed by atoms with Crippen molar-refractivity contribution in [1.29, 1.82) is 0 Å². The van der Waals surface area contributed by atoms with Crippen molar-refractivity contribution in [3.63, 3.8) is 0 Å². The Kier molecular flexibility index (Phi) is 1.00. The first-order valence-corrected chi connectivity index (χ1v) is 3.18. The molecular weight excluding hydrogens is 130 g/mol. The summed E-state index contributed by atoms with van der Waals surface area (Å²) < 4.78 is 0. The summed E-state index contributed by atoms with van der Waals surface area (Å²) in [7, 11) is 0. The number of nitrogens with one attached hydrogen (secondary N) is 2. The number of nitrogens with zero attached hydrogens (tertiary/aromatic N) is 1. The predicted molar refractivity (Wildman–Crippen MR) is 36.2 cm³/mol. The lowest BCUT2D eigenvalue weighted by Crippen LogP contribution is -1.95. The molecule has 0 unspecified atom stereocenters. The highest BCUT2D eigenvalue weighted by Crippen LogP contribution is 2.20. The highest BCUT2D eigenvalue weighted by Gasteiger charge is 2.16. The maximum atomic E-state index is 10.3. The molecule has 0 radical (unpaired) electrons. The van der Waals surface area contributed by atoms with Crippen LogP contribution in [-0.4, -0.2) is 23.0 Å². The second kappa shape index (κ2) is 1.83. The van der Waals surface area contributed by atoms with E-state index < -0.39 is 0 Å². The largest absolute Gasteiger partial charge is 0.368 e. The molecule has 0 saturated heterocycles. The van der Waals surface area contributed by atoms with E-state index in [0.29, 0.717) is 5.69 Å². The number of anilines is 1. The van der Waals surface area contributed by atoms with Crippen LogP contribution >= 0.6 is 0 Å². The molecule has 4 nitrogen and oxygen atoms in total. The first-order valence-electron chi connectivity index (χ1n) is 3.18. The molecule has 0 spiro atoms.